The van der Waals surface area contributed by atoms with Crippen LogP contribution in [-0.4, -0.2) is 19.7 Å². The molecule has 3 aromatic heterocycles. The Kier molecular flexibility index (Phi) is 4.03. The minimum atomic E-state index is -0.400. The van der Waals surface area contributed by atoms with Crippen molar-refractivity contribution in [1.82, 2.24) is 19.7 Å². The number of hydrogen-bond donors (Lipinski definition) is 1. The van der Waals surface area contributed by atoms with E-state index in [2.05, 4.69) is 25.8 Å². The second kappa shape index (κ2) is 5.74. The number of rotatable bonds is 3. The van der Waals surface area contributed by atoms with Gasteiger partial charge in [-0.25, -0.2) is 4.98 Å². The van der Waals surface area contributed by atoms with Gasteiger partial charge in [0.1, 0.15) is 0 Å². The highest BCUT2D eigenvalue weighted by atomic mass is 35.5. The van der Waals surface area contributed by atoms with E-state index in [-0.39, 0.29) is 12.4 Å². The molecule has 0 atom stereocenters. The minimum Gasteiger partial charge on any atom is -0.334 e. The first-order chi connectivity index (χ1) is 10.6. The van der Waals surface area contributed by atoms with E-state index < -0.39 is 5.54 Å². The Morgan fingerprint density at radius 1 is 1.35 bits per heavy atom. The number of aryl methyl sites for hydroxylation is 1. The molecule has 0 spiro atoms. The summed E-state index contributed by atoms with van der Waals surface area (Å²) in [5.74, 6) is 1.15. The van der Waals surface area contributed by atoms with Gasteiger partial charge in [0.15, 0.2) is 11.0 Å². The van der Waals surface area contributed by atoms with E-state index in [9.17, 15) is 0 Å². The molecular formula is C15H18ClN5OS. The van der Waals surface area contributed by atoms with Gasteiger partial charge in [0.2, 0.25) is 0 Å². The van der Waals surface area contributed by atoms with Crippen LogP contribution in [0.4, 0.5) is 0 Å². The zero-order valence-corrected chi connectivity index (χ0v) is 14.6. The number of hydrogen-bond acceptors (Lipinski definition) is 6. The van der Waals surface area contributed by atoms with Crippen LogP contribution in [0.25, 0.3) is 16.6 Å². The molecule has 1 aliphatic rings. The SMILES string of the molecule is Cc1cc(-c2nc(C3(N)CCC3)no2)c(C)n1-c1nccs1.Cl. The van der Waals surface area contributed by atoms with Crippen molar-refractivity contribution in [2.75, 3.05) is 0 Å². The highest BCUT2D eigenvalue weighted by Gasteiger charge is 2.39. The van der Waals surface area contributed by atoms with Crippen molar-refractivity contribution in [2.45, 2.75) is 38.6 Å². The molecule has 0 saturated heterocycles. The molecule has 0 unspecified atom stereocenters. The van der Waals surface area contributed by atoms with Crippen LogP contribution in [0.1, 0.15) is 36.5 Å². The van der Waals surface area contributed by atoms with Crippen molar-refractivity contribution in [3.63, 3.8) is 0 Å². The first kappa shape index (κ1) is 16.2. The van der Waals surface area contributed by atoms with Gasteiger partial charge in [-0.3, -0.25) is 4.57 Å². The normalized spacial score (nSPS) is 16.0. The minimum absolute atomic E-state index is 0. The molecule has 8 heteroatoms. The van der Waals surface area contributed by atoms with Crippen LogP contribution in [0.2, 0.25) is 0 Å². The number of thiazole rings is 1. The average Bonchev–Trinajstić information content (AvgIpc) is 3.16. The molecule has 0 aromatic carbocycles. The van der Waals surface area contributed by atoms with E-state index in [0.717, 1.165) is 41.3 Å². The number of halogens is 1. The Morgan fingerprint density at radius 3 is 2.74 bits per heavy atom. The second-order valence-corrected chi connectivity index (χ2v) is 6.74. The Morgan fingerprint density at radius 2 is 2.13 bits per heavy atom. The largest absolute Gasteiger partial charge is 0.334 e. The van der Waals surface area contributed by atoms with Gasteiger partial charge in [0, 0.05) is 23.0 Å². The molecule has 3 aromatic rings. The van der Waals surface area contributed by atoms with E-state index in [1.807, 2.05) is 19.2 Å². The van der Waals surface area contributed by atoms with Gasteiger partial charge in [0.05, 0.1) is 11.1 Å². The highest BCUT2D eigenvalue weighted by molar-refractivity contribution is 7.12. The molecule has 4 rings (SSSR count). The Labute approximate surface area is 144 Å². The first-order valence-electron chi connectivity index (χ1n) is 7.31. The third-order valence-corrected chi connectivity index (χ3v) is 5.15. The average molecular weight is 352 g/mol. The maximum atomic E-state index is 6.27. The standard InChI is InChI=1S/C15H17N5OS.ClH/c1-9-8-11(10(2)20(9)14-17-6-7-22-14)12-18-13(19-21-12)15(16)4-3-5-15;/h6-8H,3-5,16H2,1-2H3;1H. The maximum absolute atomic E-state index is 6.27. The molecule has 2 N–H and O–H groups in total. The highest BCUT2D eigenvalue weighted by Crippen LogP contribution is 2.38. The molecule has 23 heavy (non-hydrogen) atoms. The van der Waals surface area contributed by atoms with Crippen molar-refractivity contribution in [1.29, 1.82) is 0 Å². The van der Waals surface area contributed by atoms with Crippen LogP contribution in [0.5, 0.6) is 0 Å². The topological polar surface area (TPSA) is 82.8 Å². The lowest BCUT2D eigenvalue weighted by Gasteiger charge is -2.34. The summed E-state index contributed by atoms with van der Waals surface area (Å²) >= 11 is 1.60. The fourth-order valence-corrected chi connectivity index (χ4v) is 3.67. The molecule has 1 fully saturated rings. The van der Waals surface area contributed by atoms with Gasteiger partial charge in [0.25, 0.3) is 5.89 Å². The van der Waals surface area contributed by atoms with Crippen LogP contribution in [0.3, 0.4) is 0 Å². The summed E-state index contributed by atoms with van der Waals surface area (Å²) < 4.78 is 7.57. The lowest BCUT2D eigenvalue weighted by molar-refractivity contribution is 0.229. The molecule has 0 amide bonds. The van der Waals surface area contributed by atoms with Gasteiger partial charge in [-0.1, -0.05) is 5.16 Å². The third-order valence-electron chi connectivity index (χ3n) is 4.39. The number of nitrogens with two attached hydrogens (primary N) is 1. The summed E-state index contributed by atoms with van der Waals surface area (Å²) in [5.41, 5.74) is 8.94. The van der Waals surface area contributed by atoms with E-state index >= 15 is 0 Å². The quantitative estimate of drug-likeness (QED) is 0.782. The number of aromatic nitrogens is 4. The fraction of sp³-hybridized carbons (Fsp3) is 0.400. The molecule has 3 heterocycles. The molecule has 1 saturated carbocycles. The maximum Gasteiger partial charge on any atom is 0.259 e. The second-order valence-electron chi connectivity index (χ2n) is 5.87. The Hall–Kier alpha value is -1.70. The predicted octanol–water partition coefficient (Wildman–Crippen LogP) is 3.36. The summed E-state index contributed by atoms with van der Waals surface area (Å²) in [4.78, 5) is 8.91. The monoisotopic (exact) mass is 351 g/mol. The van der Waals surface area contributed by atoms with E-state index in [0.29, 0.717) is 11.7 Å². The zero-order chi connectivity index (χ0) is 15.3. The van der Waals surface area contributed by atoms with Crippen LogP contribution in [0.15, 0.2) is 22.2 Å². The van der Waals surface area contributed by atoms with Crippen LogP contribution in [-0.2, 0) is 5.54 Å². The summed E-state index contributed by atoms with van der Waals surface area (Å²) in [5, 5.41) is 7.00. The summed E-state index contributed by atoms with van der Waals surface area (Å²) in [6, 6.07) is 2.05. The van der Waals surface area contributed by atoms with E-state index in [1.54, 1.807) is 17.5 Å². The van der Waals surface area contributed by atoms with E-state index in [4.69, 9.17) is 10.3 Å². The molecule has 0 radical (unpaired) electrons. The smallest absolute Gasteiger partial charge is 0.259 e. The van der Waals surface area contributed by atoms with Crippen molar-refractivity contribution < 1.29 is 4.52 Å². The zero-order valence-electron chi connectivity index (χ0n) is 12.9. The molecule has 122 valence electrons. The van der Waals surface area contributed by atoms with Crippen molar-refractivity contribution in [3.8, 4) is 16.6 Å². The van der Waals surface area contributed by atoms with E-state index in [1.165, 1.54) is 0 Å². The summed E-state index contributed by atoms with van der Waals surface area (Å²) in [7, 11) is 0. The van der Waals surface area contributed by atoms with Gasteiger partial charge >= 0.3 is 0 Å². The third kappa shape index (κ3) is 2.49. The predicted molar refractivity (Wildman–Crippen MR) is 91.2 cm³/mol. The Bertz CT molecular complexity index is 819. The van der Waals surface area contributed by atoms with Gasteiger partial charge in [-0.2, -0.15) is 4.98 Å². The van der Waals surface area contributed by atoms with Crippen LogP contribution < -0.4 is 5.73 Å². The first-order valence-corrected chi connectivity index (χ1v) is 8.19. The van der Waals surface area contributed by atoms with Gasteiger partial charge in [-0.05, 0) is 39.2 Å². The van der Waals surface area contributed by atoms with Crippen molar-refractivity contribution >= 4 is 23.7 Å². The van der Waals surface area contributed by atoms with Crippen LogP contribution in [0, 0.1) is 13.8 Å². The lowest BCUT2D eigenvalue weighted by Crippen LogP contribution is -2.44. The Balaban J connectivity index is 0.00000156. The lowest BCUT2D eigenvalue weighted by atomic mass is 9.77. The molecule has 1 aliphatic carbocycles. The molecular weight excluding hydrogens is 334 g/mol. The molecule has 0 bridgehead atoms. The van der Waals surface area contributed by atoms with Crippen LogP contribution >= 0.6 is 23.7 Å². The van der Waals surface area contributed by atoms with Crippen molar-refractivity contribution in [2.24, 2.45) is 5.73 Å². The summed E-state index contributed by atoms with van der Waals surface area (Å²) in [6.45, 7) is 4.08. The number of nitrogens with zero attached hydrogens (tertiary/aromatic N) is 4. The van der Waals surface area contributed by atoms with Gasteiger partial charge < -0.3 is 10.3 Å². The fourth-order valence-electron chi connectivity index (χ4n) is 2.92. The summed E-state index contributed by atoms with van der Waals surface area (Å²) in [6.07, 6.45) is 4.77. The molecule has 0 aliphatic heterocycles. The molecule has 6 nitrogen and oxygen atoms in total. The van der Waals surface area contributed by atoms with Gasteiger partial charge in [-0.15, -0.1) is 23.7 Å². The van der Waals surface area contributed by atoms with Crippen molar-refractivity contribution in [3.05, 3.63) is 34.9 Å².